The number of hydrogen-bond acceptors (Lipinski definition) is 3. The second-order valence-electron chi connectivity index (χ2n) is 5.14. The highest BCUT2D eigenvalue weighted by molar-refractivity contribution is 9.10. The van der Waals surface area contributed by atoms with E-state index in [1.807, 2.05) is 20.8 Å². The second-order valence-corrected chi connectivity index (χ2v) is 5.99. The van der Waals surface area contributed by atoms with Gasteiger partial charge in [-0.3, -0.25) is 0 Å². The number of halogens is 4. The normalized spacial score (nSPS) is 12.6. The van der Waals surface area contributed by atoms with Gasteiger partial charge in [0.1, 0.15) is 0 Å². The predicted molar refractivity (Wildman–Crippen MR) is 70.1 cm³/mol. The van der Waals surface area contributed by atoms with Crippen molar-refractivity contribution in [3.63, 3.8) is 0 Å². The van der Waals surface area contributed by atoms with Gasteiger partial charge in [-0.15, -0.1) is 0 Å². The molecule has 0 aromatic carbocycles. The molecule has 1 rings (SSSR count). The zero-order valence-electron chi connectivity index (χ0n) is 10.9. The van der Waals surface area contributed by atoms with Crippen molar-refractivity contribution in [1.82, 2.24) is 10.3 Å². The van der Waals surface area contributed by atoms with Gasteiger partial charge in [0, 0.05) is 18.3 Å². The molecule has 0 spiro atoms. The topological polar surface area (TPSA) is 34.2 Å². The second kappa shape index (κ2) is 6.09. The van der Waals surface area contributed by atoms with E-state index < -0.39 is 12.8 Å². The Morgan fingerprint density at radius 3 is 2.42 bits per heavy atom. The van der Waals surface area contributed by atoms with E-state index in [1.54, 1.807) is 6.07 Å². The molecule has 0 radical (unpaired) electrons. The third kappa shape index (κ3) is 6.77. The molecule has 108 valence electrons. The lowest BCUT2D eigenvalue weighted by Gasteiger charge is -2.20. The summed E-state index contributed by atoms with van der Waals surface area (Å²) in [5.41, 5.74) is 0.818. The highest BCUT2D eigenvalue weighted by atomic mass is 79.9. The molecule has 1 N–H and O–H groups in total. The summed E-state index contributed by atoms with van der Waals surface area (Å²) in [6, 6.07) is 1.69. The van der Waals surface area contributed by atoms with Crippen molar-refractivity contribution in [2.45, 2.75) is 39.0 Å². The largest absolute Gasteiger partial charge is 0.467 e. The lowest BCUT2D eigenvalue weighted by Crippen LogP contribution is -2.35. The lowest BCUT2D eigenvalue weighted by atomic mass is 10.1. The molecule has 1 aromatic heterocycles. The zero-order chi connectivity index (χ0) is 14.7. The molecule has 0 saturated carbocycles. The summed E-state index contributed by atoms with van der Waals surface area (Å²) in [6.07, 6.45) is -2.87. The average Bonchev–Trinajstić information content (AvgIpc) is 2.22. The number of hydrogen-bond donors (Lipinski definition) is 1. The van der Waals surface area contributed by atoms with Gasteiger partial charge >= 0.3 is 6.18 Å². The maximum Gasteiger partial charge on any atom is 0.422 e. The Balaban J connectivity index is 2.64. The summed E-state index contributed by atoms with van der Waals surface area (Å²) in [7, 11) is 0. The van der Waals surface area contributed by atoms with Gasteiger partial charge < -0.3 is 10.1 Å². The molecule has 7 heteroatoms. The Labute approximate surface area is 118 Å². The van der Waals surface area contributed by atoms with Crippen LogP contribution in [0.15, 0.2) is 16.7 Å². The summed E-state index contributed by atoms with van der Waals surface area (Å²) < 4.78 is 41.1. The standard InChI is InChI=1S/C12H16BrF3N2O/c1-11(2,3)18-6-8-4-9(13)10(17-5-8)19-7-12(14,15)16/h4-5,18H,6-7H2,1-3H3. The number of aromatic nitrogens is 1. The molecule has 0 saturated heterocycles. The SMILES string of the molecule is CC(C)(C)NCc1cnc(OCC(F)(F)F)c(Br)c1. The number of nitrogens with one attached hydrogen (secondary N) is 1. The first-order valence-corrected chi connectivity index (χ1v) is 6.45. The van der Waals surface area contributed by atoms with Crippen LogP contribution in [-0.4, -0.2) is 23.3 Å². The van der Waals surface area contributed by atoms with Crippen molar-refractivity contribution < 1.29 is 17.9 Å². The van der Waals surface area contributed by atoms with Gasteiger partial charge in [-0.2, -0.15) is 13.2 Å². The minimum atomic E-state index is -4.37. The van der Waals surface area contributed by atoms with E-state index in [4.69, 9.17) is 0 Å². The molecule has 0 aliphatic rings. The van der Waals surface area contributed by atoms with Crippen LogP contribution in [0.3, 0.4) is 0 Å². The molecule has 0 aliphatic heterocycles. The highest BCUT2D eigenvalue weighted by Crippen LogP contribution is 2.25. The quantitative estimate of drug-likeness (QED) is 0.907. The van der Waals surface area contributed by atoms with Gasteiger partial charge in [0.05, 0.1) is 4.47 Å². The van der Waals surface area contributed by atoms with E-state index in [9.17, 15) is 13.2 Å². The van der Waals surface area contributed by atoms with Gasteiger partial charge in [0.2, 0.25) is 5.88 Å². The van der Waals surface area contributed by atoms with Crippen molar-refractivity contribution in [1.29, 1.82) is 0 Å². The summed E-state index contributed by atoms with van der Waals surface area (Å²) in [6.45, 7) is 5.30. The predicted octanol–water partition coefficient (Wildman–Crippen LogP) is 3.67. The van der Waals surface area contributed by atoms with Crippen molar-refractivity contribution in [2.75, 3.05) is 6.61 Å². The lowest BCUT2D eigenvalue weighted by molar-refractivity contribution is -0.154. The Kier molecular flexibility index (Phi) is 5.20. The van der Waals surface area contributed by atoms with Crippen LogP contribution < -0.4 is 10.1 Å². The van der Waals surface area contributed by atoms with Gasteiger partial charge in [-0.1, -0.05) is 0 Å². The zero-order valence-corrected chi connectivity index (χ0v) is 12.5. The smallest absolute Gasteiger partial charge is 0.422 e. The van der Waals surface area contributed by atoms with Crippen LogP contribution in [0.25, 0.3) is 0 Å². The average molecular weight is 341 g/mol. The van der Waals surface area contributed by atoms with Crippen LogP contribution in [0.5, 0.6) is 5.88 Å². The van der Waals surface area contributed by atoms with Crippen molar-refractivity contribution in [2.24, 2.45) is 0 Å². The molecule has 0 amide bonds. The van der Waals surface area contributed by atoms with Crippen molar-refractivity contribution in [3.8, 4) is 5.88 Å². The van der Waals surface area contributed by atoms with Crippen LogP contribution >= 0.6 is 15.9 Å². The first-order chi connectivity index (χ1) is 8.57. The van der Waals surface area contributed by atoms with E-state index in [1.165, 1.54) is 6.20 Å². The maximum absolute atomic E-state index is 12.0. The van der Waals surface area contributed by atoms with Gasteiger partial charge in [-0.05, 0) is 48.3 Å². The van der Waals surface area contributed by atoms with Crippen LogP contribution in [-0.2, 0) is 6.54 Å². The van der Waals surface area contributed by atoms with E-state index in [0.717, 1.165) is 5.56 Å². The van der Waals surface area contributed by atoms with E-state index >= 15 is 0 Å². The number of rotatable bonds is 4. The molecule has 0 unspecified atom stereocenters. The fourth-order valence-electron chi connectivity index (χ4n) is 1.19. The Morgan fingerprint density at radius 1 is 1.32 bits per heavy atom. The molecular weight excluding hydrogens is 325 g/mol. The number of alkyl halides is 3. The molecule has 0 atom stereocenters. The first kappa shape index (κ1) is 16.2. The molecular formula is C12H16BrF3N2O. The molecule has 0 aliphatic carbocycles. The number of ether oxygens (including phenoxy) is 1. The minimum absolute atomic E-state index is 0.0437. The summed E-state index contributed by atoms with van der Waals surface area (Å²) in [4.78, 5) is 3.87. The van der Waals surface area contributed by atoms with E-state index in [0.29, 0.717) is 11.0 Å². The fourth-order valence-corrected chi connectivity index (χ4v) is 1.70. The molecule has 1 aromatic rings. The molecule has 0 bridgehead atoms. The molecule has 19 heavy (non-hydrogen) atoms. The Morgan fingerprint density at radius 2 is 1.95 bits per heavy atom. The van der Waals surface area contributed by atoms with Gasteiger partial charge in [0.25, 0.3) is 0 Å². The minimum Gasteiger partial charge on any atom is -0.467 e. The number of pyridine rings is 1. The van der Waals surface area contributed by atoms with Crippen molar-refractivity contribution >= 4 is 15.9 Å². The van der Waals surface area contributed by atoms with Crippen LogP contribution in [0.1, 0.15) is 26.3 Å². The monoisotopic (exact) mass is 340 g/mol. The van der Waals surface area contributed by atoms with Crippen molar-refractivity contribution in [3.05, 3.63) is 22.3 Å². The van der Waals surface area contributed by atoms with Gasteiger partial charge in [0.15, 0.2) is 6.61 Å². The summed E-state index contributed by atoms with van der Waals surface area (Å²) in [5.74, 6) is -0.0585. The summed E-state index contributed by atoms with van der Waals surface area (Å²) in [5, 5.41) is 3.26. The summed E-state index contributed by atoms with van der Waals surface area (Å²) >= 11 is 3.15. The molecule has 0 fully saturated rings. The third-order valence-electron chi connectivity index (χ3n) is 2.06. The maximum atomic E-state index is 12.0. The van der Waals surface area contributed by atoms with Crippen LogP contribution in [0.2, 0.25) is 0 Å². The highest BCUT2D eigenvalue weighted by Gasteiger charge is 2.29. The fraction of sp³-hybridized carbons (Fsp3) is 0.583. The first-order valence-electron chi connectivity index (χ1n) is 5.66. The Hall–Kier alpha value is -0.820. The van der Waals surface area contributed by atoms with Gasteiger partial charge in [-0.25, -0.2) is 4.98 Å². The number of nitrogens with zero attached hydrogens (tertiary/aromatic N) is 1. The Bertz CT molecular complexity index is 430. The molecule has 3 nitrogen and oxygen atoms in total. The van der Waals surface area contributed by atoms with E-state index in [2.05, 4.69) is 31.0 Å². The molecule has 1 heterocycles. The van der Waals surface area contributed by atoms with Crippen LogP contribution in [0, 0.1) is 0 Å². The third-order valence-corrected chi connectivity index (χ3v) is 2.63. The van der Waals surface area contributed by atoms with Crippen LogP contribution in [0.4, 0.5) is 13.2 Å². The van der Waals surface area contributed by atoms with E-state index in [-0.39, 0.29) is 11.4 Å².